The van der Waals surface area contributed by atoms with Crippen molar-refractivity contribution in [2.75, 3.05) is 11.9 Å². The lowest BCUT2D eigenvalue weighted by Gasteiger charge is -2.06. The number of nitrogens with one attached hydrogen (secondary N) is 1. The maximum atomic E-state index is 11.9. The molecule has 5 nitrogen and oxygen atoms in total. The first kappa shape index (κ1) is 13.1. The molecule has 0 aliphatic carbocycles. The van der Waals surface area contributed by atoms with Crippen LogP contribution >= 0.6 is 11.3 Å². The predicted molar refractivity (Wildman–Crippen MR) is 72.4 cm³/mol. The number of rotatable bonds is 4. The highest BCUT2D eigenvalue weighted by molar-refractivity contribution is 7.09. The lowest BCUT2D eigenvalue weighted by molar-refractivity contribution is 0.102. The van der Waals surface area contributed by atoms with Gasteiger partial charge in [0, 0.05) is 17.1 Å². The number of nitriles is 1. The van der Waals surface area contributed by atoms with Crippen LogP contribution in [0.2, 0.25) is 0 Å². The molecule has 19 heavy (non-hydrogen) atoms. The monoisotopic (exact) mass is 273 g/mol. The number of carbonyl (C=O) groups is 1. The fourth-order valence-electron chi connectivity index (χ4n) is 1.44. The molecule has 1 amide bonds. The number of hydrogen-bond donors (Lipinski definition) is 1. The Hall–Kier alpha value is -2.39. The summed E-state index contributed by atoms with van der Waals surface area (Å²) in [6.07, 6.45) is 0. The van der Waals surface area contributed by atoms with Crippen LogP contribution in [0.1, 0.15) is 15.5 Å². The van der Waals surface area contributed by atoms with Crippen LogP contribution in [0.25, 0.3) is 0 Å². The first-order valence-electron chi connectivity index (χ1n) is 5.52. The summed E-state index contributed by atoms with van der Waals surface area (Å²) in [5.41, 5.74) is 0.997. The number of ether oxygens (including phenoxy) is 1. The summed E-state index contributed by atoms with van der Waals surface area (Å²) in [5, 5.41) is 13.7. The molecule has 96 valence electrons. The number of thiazole rings is 1. The van der Waals surface area contributed by atoms with E-state index in [0.717, 1.165) is 5.01 Å². The molecule has 6 heteroatoms. The van der Waals surface area contributed by atoms with Crippen molar-refractivity contribution in [3.63, 3.8) is 0 Å². The van der Waals surface area contributed by atoms with Crippen molar-refractivity contribution in [2.45, 2.75) is 6.92 Å². The second kappa shape index (κ2) is 5.98. The van der Waals surface area contributed by atoms with Gasteiger partial charge in [-0.25, -0.2) is 4.98 Å². The number of hydrogen-bond acceptors (Lipinski definition) is 5. The zero-order valence-electron chi connectivity index (χ0n) is 10.2. The van der Waals surface area contributed by atoms with Crippen LogP contribution in [0.15, 0.2) is 29.6 Å². The van der Waals surface area contributed by atoms with Gasteiger partial charge >= 0.3 is 0 Å². The standard InChI is InChI=1S/C13H11N3O2S/c1-9-15-12(8-19-9)13(17)16-10-3-2-4-11(7-10)18-6-5-14/h2-4,7-8H,6H2,1H3,(H,16,17). The van der Waals surface area contributed by atoms with Crippen LogP contribution in [0.5, 0.6) is 5.75 Å². The van der Waals surface area contributed by atoms with E-state index < -0.39 is 0 Å². The van der Waals surface area contributed by atoms with Gasteiger partial charge in [0.1, 0.15) is 17.5 Å². The van der Waals surface area contributed by atoms with E-state index in [1.54, 1.807) is 29.6 Å². The zero-order chi connectivity index (χ0) is 13.7. The summed E-state index contributed by atoms with van der Waals surface area (Å²) in [6, 6.07) is 8.76. The SMILES string of the molecule is Cc1nc(C(=O)Nc2cccc(OCC#N)c2)cs1. The Morgan fingerprint density at radius 3 is 3.11 bits per heavy atom. The van der Waals surface area contributed by atoms with Crippen LogP contribution < -0.4 is 10.1 Å². The lowest BCUT2D eigenvalue weighted by Crippen LogP contribution is -2.12. The molecular formula is C13H11N3O2S. The molecule has 2 rings (SSSR count). The van der Waals surface area contributed by atoms with Gasteiger partial charge in [-0.2, -0.15) is 5.26 Å². The van der Waals surface area contributed by atoms with Crippen LogP contribution in [-0.2, 0) is 0 Å². The molecule has 0 unspecified atom stereocenters. The minimum absolute atomic E-state index is 0.0251. The molecule has 0 saturated carbocycles. The highest BCUT2D eigenvalue weighted by Gasteiger charge is 2.09. The molecule has 0 fully saturated rings. The number of amides is 1. The summed E-state index contributed by atoms with van der Waals surface area (Å²) in [5.74, 6) is 0.274. The van der Waals surface area contributed by atoms with E-state index in [9.17, 15) is 4.79 Å². The molecule has 0 aliphatic rings. The second-order valence-corrected chi connectivity index (χ2v) is 4.74. The fraction of sp³-hybridized carbons (Fsp3) is 0.154. The van der Waals surface area contributed by atoms with Crippen LogP contribution in [0, 0.1) is 18.3 Å². The van der Waals surface area contributed by atoms with Gasteiger partial charge in [0.05, 0.1) is 5.01 Å². The molecule has 0 spiro atoms. The van der Waals surface area contributed by atoms with Crippen molar-refractivity contribution in [1.29, 1.82) is 5.26 Å². The van der Waals surface area contributed by atoms with Crippen LogP contribution in [0.4, 0.5) is 5.69 Å². The Labute approximate surface area is 114 Å². The van der Waals surface area contributed by atoms with E-state index in [1.165, 1.54) is 11.3 Å². The van der Waals surface area contributed by atoms with Crippen molar-refractivity contribution < 1.29 is 9.53 Å². The highest BCUT2D eigenvalue weighted by atomic mass is 32.1. The summed E-state index contributed by atoms with van der Waals surface area (Å²) in [7, 11) is 0. The van der Waals surface area contributed by atoms with Crippen LogP contribution in [-0.4, -0.2) is 17.5 Å². The molecule has 1 aromatic carbocycles. The Balaban J connectivity index is 2.06. The molecule has 2 aromatic rings. The highest BCUT2D eigenvalue weighted by Crippen LogP contribution is 2.18. The lowest BCUT2D eigenvalue weighted by atomic mass is 10.3. The third kappa shape index (κ3) is 3.53. The van der Waals surface area contributed by atoms with E-state index in [-0.39, 0.29) is 12.5 Å². The number of anilines is 1. The molecule has 0 atom stereocenters. The van der Waals surface area contributed by atoms with Gasteiger partial charge in [0.25, 0.3) is 5.91 Å². The van der Waals surface area contributed by atoms with Gasteiger partial charge in [0.2, 0.25) is 0 Å². The second-order valence-electron chi connectivity index (χ2n) is 3.68. The molecule has 0 saturated heterocycles. The quantitative estimate of drug-likeness (QED) is 0.929. The molecule has 0 radical (unpaired) electrons. The summed E-state index contributed by atoms with van der Waals surface area (Å²) >= 11 is 1.42. The molecule has 0 aliphatic heterocycles. The normalized spacial score (nSPS) is 9.68. The predicted octanol–water partition coefficient (Wildman–Crippen LogP) is 2.61. The van der Waals surface area contributed by atoms with Gasteiger partial charge in [-0.05, 0) is 19.1 Å². The Kier molecular flexibility index (Phi) is 4.11. The largest absolute Gasteiger partial charge is 0.479 e. The van der Waals surface area contributed by atoms with Gasteiger partial charge in [0.15, 0.2) is 6.61 Å². The van der Waals surface area contributed by atoms with E-state index in [4.69, 9.17) is 10.00 Å². The zero-order valence-corrected chi connectivity index (χ0v) is 11.0. The number of carbonyl (C=O) groups excluding carboxylic acids is 1. The Bertz CT molecular complexity index is 631. The maximum Gasteiger partial charge on any atom is 0.275 e. The minimum atomic E-state index is -0.262. The molecule has 1 N–H and O–H groups in total. The van der Waals surface area contributed by atoms with Crippen molar-refractivity contribution in [3.8, 4) is 11.8 Å². The van der Waals surface area contributed by atoms with E-state index in [2.05, 4.69) is 10.3 Å². The number of nitrogens with zero attached hydrogens (tertiary/aromatic N) is 2. The minimum Gasteiger partial charge on any atom is -0.479 e. The fourth-order valence-corrected chi connectivity index (χ4v) is 2.04. The number of benzene rings is 1. The van der Waals surface area contributed by atoms with E-state index >= 15 is 0 Å². The van der Waals surface area contributed by atoms with E-state index in [1.807, 2.05) is 13.0 Å². The topological polar surface area (TPSA) is 75.0 Å². The third-order valence-corrected chi connectivity index (χ3v) is 3.02. The maximum absolute atomic E-state index is 11.9. The molecule has 1 aromatic heterocycles. The van der Waals surface area contributed by atoms with Gasteiger partial charge in [-0.15, -0.1) is 11.3 Å². The summed E-state index contributed by atoms with van der Waals surface area (Å²) < 4.78 is 5.16. The third-order valence-electron chi connectivity index (χ3n) is 2.25. The number of aromatic nitrogens is 1. The van der Waals surface area contributed by atoms with Crippen molar-refractivity contribution in [2.24, 2.45) is 0 Å². The molecule has 1 heterocycles. The Morgan fingerprint density at radius 1 is 1.58 bits per heavy atom. The van der Waals surface area contributed by atoms with Crippen molar-refractivity contribution >= 4 is 22.9 Å². The summed E-state index contributed by atoms with van der Waals surface area (Å²) in [4.78, 5) is 16.0. The number of aryl methyl sites for hydroxylation is 1. The first-order valence-corrected chi connectivity index (χ1v) is 6.40. The summed E-state index contributed by atoms with van der Waals surface area (Å²) in [6.45, 7) is 1.82. The smallest absolute Gasteiger partial charge is 0.275 e. The molecular weight excluding hydrogens is 262 g/mol. The van der Waals surface area contributed by atoms with Gasteiger partial charge < -0.3 is 10.1 Å². The average molecular weight is 273 g/mol. The van der Waals surface area contributed by atoms with Crippen molar-refractivity contribution in [3.05, 3.63) is 40.3 Å². The molecule has 0 bridgehead atoms. The van der Waals surface area contributed by atoms with Crippen LogP contribution in [0.3, 0.4) is 0 Å². The van der Waals surface area contributed by atoms with Gasteiger partial charge in [-0.3, -0.25) is 4.79 Å². The van der Waals surface area contributed by atoms with Crippen molar-refractivity contribution in [1.82, 2.24) is 4.98 Å². The first-order chi connectivity index (χ1) is 9.19. The average Bonchev–Trinajstić information content (AvgIpc) is 2.83. The van der Waals surface area contributed by atoms with Gasteiger partial charge in [-0.1, -0.05) is 6.07 Å². The Morgan fingerprint density at radius 2 is 2.42 bits per heavy atom. The van der Waals surface area contributed by atoms with E-state index in [0.29, 0.717) is 17.1 Å².